The van der Waals surface area contributed by atoms with E-state index in [4.69, 9.17) is 4.74 Å². The Kier molecular flexibility index (Phi) is 6.79. The highest BCUT2D eigenvalue weighted by molar-refractivity contribution is 5.97. The van der Waals surface area contributed by atoms with E-state index in [0.717, 1.165) is 43.1 Å². The fraction of sp³-hybridized carbons (Fsp3) is 0.267. The first kappa shape index (κ1) is 22.5. The summed E-state index contributed by atoms with van der Waals surface area (Å²) < 4.78 is 6.16. The van der Waals surface area contributed by atoms with E-state index < -0.39 is 6.10 Å². The Labute approximate surface area is 202 Å². The Morgan fingerprint density at radius 2 is 1.44 bits per heavy atom. The van der Waals surface area contributed by atoms with Crippen LogP contribution in [-0.4, -0.2) is 55.4 Å². The van der Waals surface area contributed by atoms with Crippen molar-refractivity contribution in [3.63, 3.8) is 0 Å². The lowest BCUT2D eigenvalue weighted by atomic mass is 9.98. The van der Waals surface area contributed by atoms with Gasteiger partial charge in [0.1, 0.15) is 18.5 Å². The van der Waals surface area contributed by atoms with Crippen molar-refractivity contribution in [1.29, 1.82) is 0 Å². The minimum absolute atomic E-state index is 0.278. The molecule has 1 atom stereocenters. The summed E-state index contributed by atoms with van der Waals surface area (Å²) in [4.78, 5) is 4.77. The quantitative estimate of drug-likeness (QED) is 0.409. The smallest absolute Gasteiger partial charge is 0.127 e. The molecular formula is C30H32N2O2. The minimum Gasteiger partial charge on any atom is -0.490 e. The van der Waals surface area contributed by atoms with Gasteiger partial charge in [-0.2, -0.15) is 0 Å². The SMILES string of the molecule is Cc1ccccc1N1CCN(CC(O)COc2ccccc2-c2cccc3ccccc23)CC1. The van der Waals surface area contributed by atoms with Crippen LogP contribution in [0.1, 0.15) is 5.56 Å². The van der Waals surface area contributed by atoms with Gasteiger partial charge < -0.3 is 14.7 Å². The maximum Gasteiger partial charge on any atom is 0.127 e. The van der Waals surface area contributed by atoms with Crippen molar-refractivity contribution in [2.45, 2.75) is 13.0 Å². The zero-order valence-electron chi connectivity index (χ0n) is 19.7. The third-order valence-corrected chi connectivity index (χ3v) is 6.70. The van der Waals surface area contributed by atoms with E-state index in [-0.39, 0.29) is 6.61 Å². The first-order chi connectivity index (χ1) is 16.7. The summed E-state index contributed by atoms with van der Waals surface area (Å²) in [6.45, 7) is 6.90. The zero-order chi connectivity index (χ0) is 23.3. The van der Waals surface area contributed by atoms with Crippen LogP contribution in [0.15, 0.2) is 91.0 Å². The number of hydrogen-bond acceptors (Lipinski definition) is 4. The molecule has 4 aromatic rings. The Morgan fingerprint density at radius 3 is 2.29 bits per heavy atom. The first-order valence-corrected chi connectivity index (χ1v) is 12.1. The molecule has 34 heavy (non-hydrogen) atoms. The normalized spacial score (nSPS) is 15.4. The van der Waals surface area contributed by atoms with Crippen LogP contribution in [0.3, 0.4) is 0 Å². The van der Waals surface area contributed by atoms with Crippen LogP contribution >= 0.6 is 0 Å². The number of nitrogens with zero attached hydrogens (tertiary/aromatic N) is 2. The molecule has 1 unspecified atom stereocenters. The number of piperazine rings is 1. The number of ether oxygens (including phenoxy) is 1. The van der Waals surface area contributed by atoms with Gasteiger partial charge in [0, 0.05) is 44.0 Å². The Balaban J connectivity index is 1.20. The van der Waals surface area contributed by atoms with E-state index in [9.17, 15) is 5.11 Å². The van der Waals surface area contributed by atoms with E-state index in [2.05, 4.69) is 89.5 Å². The average molecular weight is 453 g/mol. The summed E-state index contributed by atoms with van der Waals surface area (Å²) in [6.07, 6.45) is -0.536. The number of aliphatic hydroxyl groups excluding tert-OH is 1. The summed E-state index contributed by atoms with van der Waals surface area (Å²) >= 11 is 0. The molecule has 1 fully saturated rings. The molecule has 4 nitrogen and oxygen atoms in total. The standard InChI is InChI=1S/C30H32N2O2/c1-23-9-2-6-15-29(23)32-19-17-31(18-20-32)21-25(33)22-34-30-16-7-5-13-28(30)27-14-8-11-24-10-3-4-12-26(24)27/h2-16,25,33H,17-22H2,1H3. The van der Waals surface area contributed by atoms with Crippen molar-refractivity contribution in [2.24, 2.45) is 0 Å². The van der Waals surface area contributed by atoms with Crippen molar-refractivity contribution in [2.75, 3.05) is 44.2 Å². The molecule has 1 aliphatic rings. The van der Waals surface area contributed by atoms with E-state index in [1.165, 1.54) is 22.0 Å². The Hall–Kier alpha value is -3.34. The van der Waals surface area contributed by atoms with Crippen molar-refractivity contribution in [3.8, 4) is 16.9 Å². The molecule has 0 spiro atoms. The van der Waals surface area contributed by atoms with Crippen molar-refractivity contribution in [3.05, 3.63) is 96.6 Å². The highest BCUT2D eigenvalue weighted by Gasteiger charge is 2.21. The first-order valence-electron chi connectivity index (χ1n) is 12.1. The number of β-amino-alcohol motifs (C(OH)–C–C–N with tert-alkyl or cyclic N) is 1. The molecule has 1 saturated heterocycles. The largest absolute Gasteiger partial charge is 0.490 e. The molecule has 0 radical (unpaired) electrons. The molecule has 0 aliphatic carbocycles. The number of anilines is 1. The maximum absolute atomic E-state index is 10.7. The summed E-state index contributed by atoms with van der Waals surface area (Å²) in [5.41, 5.74) is 4.83. The molecule has 4 aromatic carbocycles. The molecule has 0 bridgehead atoms. The van der Waals surface area contributed by atoms with E-state index in [0.29, 0.717) is 6.54 Å². The second-order valence-corrected chi connectivity index (χ2v) is 9.06. The number of benzene rings is 4. The topological polar surface area (TPSA) is 35.9 Å². The molecule has 1 aliphatic heterocycles. The number of para-hydroxylation sites is 2. The minimum atomic E-state index is -0.536. The van der Waals surface area contributed by atoms with Crippen LogP contribution in [-0.2, 0) is 0 Å². The molecule has 4 heteroatoms. The van der Waals surface area contributed by atoms with Crippen LogP contribution in [0.5, 0.6) is 5.75 Å². The lowest BCUT2D eigenvalue weighted by molar-refractivity contribution is 0.0665. The third-order valence-electron chi connectivity index (χ3n) is 6.70. The van der Waals surface area contributed by atoms with Gasteiger partial charge in [-0.1, -0.05) is 78.9 Å². The van der Waals surface area contributed by atoms with E-state index >= 15 is 0 Å². The van der Waals surface area contributed by atoms with Crippen LogP contribution in [0, 0.1) is 6.92 Å². The van der Waals surface area contributed by atoms with Gasteiger partial charge in [0.15, 0.2) is 0 Å². The summed E-state index contributed by atoms with van der Waals surface area (Å²) in [6, 6.07) is 31.4. The summed E-state index contributed by atoms with van der Waals surface area (Å²) in [7, 11) is 0. The highest BCUT2D eigenvalue weighted by Crippen LogP contribution is 2.35. The zero-order valence-corrected chi connectivity index (χ0v) is 19.7. The number of rotatable bonds is 7. The Bertz CT molecular complexity index is 1240. The number of fused-ring (bicyclic) bond motifs is 1. The van der Waals surface area contributed by atoms with Gasteiger partial charge in [0.2, 0.25) is 0 Å². The van der Waals surface area contributed by atoms with Gasteiger partial charge in [0.05, 0.1) is 0 Å². The van der Waals surface area contributed by atoms with Crippen molar-refractivity contribution < 1.29 is 9.84 Å². The number of hydrogen-bond donors (Lipinski definition) is 1. The molecular weight excluding hydrogens is 420 g/mol. The number of aliphatic hydroxyl groups is 1. The lowest BCUT2D eigenvalue weighted by Crippen LogP contribution is -2.49. The maximum atomic E-state index is 10.7. The molecule has 0 saturated carbocycles. The van der Waals surface area contributed by atoms with Gasteiger partial charge in [-0.25, -0.2) is 0 Å². The summed E-state index contributed by atoms with van der Waals surface area (Å²) in [5, 5.41) is 13.2. The fourth-order valence-electron chi connectivity index (χ4n) is 4.90. The molecule has 0 amide bonds. The van der Waals surface area contributed by atoms with Crippen molar-refractivity contribution in [1.82, 2.24) is 4.90 Å². The summed E-state index contributed by atoms with van der Waals surface area (Å²) in [5.74, 6) is 0.808. The number of aryl methyl sites for hydroxylation is 1. The fourth-order valence-corrected chi connectivity index (χ4v) is 4.90. The van der Waals surface area contributed by atoms with Crippen molar-refractivity contribution >= 4 is 16.5 Å². The predicted octanol–water partition coefficient (Wildman–Crippen LogP) is 5.38. The second-order valence-electron chi connectivity index (χ2n) is 9.06. The monoisotopic (exact) mass is 452 g/mol. The lowest BCUT2D eigenvalue weighted by Gasteiger charge is -2.37. The average Bonchev–Trinajstić information content (AvgIpc) is 2.88. The van der Waals surface area contributed by atoms with Gasteiger partial charge in [0.25, 0.3) is 0 Å². The molecule has 0 aromatic heterocycles. The van der Waals surface area contributed by atoms with Gasteiger partial charge in [-0.15, -0.1) is 0 Å². The van der Waals surface area contributed by atoms with Crippen LogP contribution < -0.4 is 9.64 Å². The van der Waals surface area contributed by atoms with Gasteiger partial charge in [-0.05, 0) is 41.0 Å². The van der Waals surface area contributed by atoms with E-state index in [1.54, 1.807) is 0 Å². The Morgan fingerprint density at radius 1 is 0.765 bits per heavy atom. The molecule has 174 valence electrons. The molecule has 1 heterocycles. The third kappa shape index (κ3) is 4.93. The van der Waals surface area contributed by atoms with Gasteiger partial charge >= 0.3 is 0 Å². The van der Waals surface area contributed by atoms with Gasteiger partial charge in [-0.3, -0.25) is 4.90 Å². The van der Waals surface area contributed by atoms with Crippen LogP contribution in [0.25, 0.3) is 21.9 Å². The van der Waals surface area contributed by atoms with Crippen LogP contribution in [0.4, 0.5) is 5.69 Å². The van der Waals surface area contributed by atoms with Crippen LogP contribution in [0.2, 0.25) is 0 Å². The second kappa shape index (κ2) is 10.3. The highest BCUT2D eigenvalue weighted by atomic mass is 16.5. The molecule has 1 N–H and O–H groups in total. The molecule has 5 rings (SSSR count). The predicted molar refractivity (Wildman–Crippen MR) is 141 cm³/mol. The van der Waals surface area contributed by atoms with E-state index in [1.807, 2.05) is 18.2 Å².